The van der Waals surface area contributed by atoms with Crippen molar-refractivity contribution in [1.29, 1.82) is 0 Å². The number of carbonyl (C=O) groups is 1. The first kappa shape index (κ1) is 20.3. The molecule has 0 atom stereocenters. The molecular weight excluding hydrogens is 412 g/mol. The Bertz CT molecular complexity index is 1300. The van der Waals surface area contributed by atoms with Crippen molar-refractivity contribution in [1.82, 2.24) is 4.57 Å². The maximum atomic E-state index is 12.8. The van der Waals surface area contributed by atoms with Crippen molar-refractivity contribution >= 4 is 28.8 Å². The second-order valence-electron chi connectivity index (χ2n) is 7.21. The third kappa shape index (κ3) is 4.02. The van der Waals surface area contributed by atoms with Crippen LogP contribution in [0.5, 0.6) is 0 Å². The van der Waals surface area contributed by atoms with Gasteiger partial charge in [0.25, 0.3) is 5.91 Å². The number of rotatable bonds is 3. The monoisotopic (exact) mass is 432 g/mol. The summed E-state index contributed by atoms with van der Waals surface area (Å²) in [5.41, 5.74) is 6.21. The summed E-state index contributed by atoms with van der Waals surface area (Å²) < 4.78 is 2.00. The summed E-state index contributed by atoms with van der Waals surface area (Å²) in [5.74, 6) is -0.305. The van der Waals surface area contributed by atoms with Gasteiger partial charge in [0.1, 0.15) is 0 Å². The fourth-order valence-corrected chi connectivity index (χ4v) is 4.66. The molecule has 0 aliphatic heterocycles. The number of hydrogen-bond acceptors (Lipinski definition) is 2. The molecule has 30 heavy (non-hydrogen) atoms. The van der Waals surface area contributed by atoms with Gasteiger partial charge in [-0.15, -0.1) is 0 Å². The smallest absolute Gasteiger partial charge is 0.279 e. The number of nitrogens with zero attached hydrogens (tertiary/aromatic N) is 2. The Kier molecular flexibility index (Phi) is 5.71. The minimum atomic E-state index is -0.305. The van der Waals surface area contributed by atoms with Crippen molar-refractivity contribution in [2.75, 3.05) is 0 Å². The van der Waals surface area contributed by atoms with Gasteiger partial charge in [-0.2, -0.15) is 4.99 Å². The molecule has 1 aromatic heterocycles. The van der Waals surface area contributed by atoms with Gasteiger partial charge in [-0.1, -0.05) is 71.5 Å². The zero-order valence-electron chi connectivity index (χ0n) is 17.0. The highest BCUT2D eigenvalue weighted by Crippen LogP contribution is 2.35. The van der Waals surface area contributed by atoms with Crippen LogP contribution in [0.3, 0.4) is 0 Å². The molecule has 5 heteroatoms. The quantitative estimate of drug-likeness (QED) is 0.367. The van der Waals surface area contributed by atoms with Crippen LogP contribution < -0.4 is 4.80 Å². The average molecular weight is 433 g/mol. The molecule has 0 saturated carbocycles. The third-order valence-corrected chi connectivity index (χ3v) is 6.53. The largest absolute Gasteiger partial charge is 0.319 e. The van der Waals surface area contributed by atoms with Crippen molar-refractivity contribution in [3.8, 4) is 21.7 Å². The highest BCUT2D eigenvalue weighted by atomic mass is 35.5. The van der Waals surface area contributed by atoms with Gasteiger partial charge in [0.15, 0.2) is 4.80 Å². The Morgan fingerprint density at radius 2 is 1.67 bits per heavy atom. The van der Waals surface area contributed by atoms with Gasteiger partial charge in [-0.25, -0.2) is 0 Å². The van der Waals surface area contributed by atoms with Crippen molar-refractivity contribution in [2.24, 2.45) is 12.0 Å². The molecule has 0 N–H and O–H groups in total. The average Bonchev–Trinajstić information content (AvgIpc) is 3.07. The van der Waals surface area contributed by atoms with E-state index in [4.69, 9.17) is 11.6 Å². The lowest BCUT2D eigenvalue weighted by molar-refractivity contribution is 0.0998. The van der Waals surface area contributed by atoms with Gasteiger partial charge < -0.3 is 4.57 Å². The van der Waals surface area contributed by atoms with Crippen LogP contribution >= 0.6 is 22.9 Å². The SMILES string of the molecule is Cc1ccc(-c2c(-c3ccccc3)sc(=NC(=O)c3cccc(Cl)c3)n2C)cc1C. The molecule has 3 nitrogen and oxygen atoms in total. The second kappa shape index (κ2) is 8.42. The van der Waals surface area contributed by atoms with E-state index >= 15 is 0 Å². The summed E-state index contributed by atoms with van der Waals surface area (Å²) in [4.78, 5) is 18.9. The summed E-state index contributed by atoms with van der Waals surface area (Å²) >= 11 is 7.56. The van der Waals surface area contributed by atoms with E-state index in [0.29, 0.717) is 15.4 Å². The molecule has 0 aliphatic carbocycles. The van der Waals surface area contributed by atoms with E-state index in [1.165, 1.54) is 22.5 Å². The lowest BCUT2D eigenvalue weighted by Gasteiger charge is -2.09. The Morgan fingerprint density at radius 3 is 2.37 bits per heavy atom. The van der Waals surface area contributed by atoms with Gasteiger partial charge in [-0.3, -0.25) is 4.79 Å². The minimum Gasteiger partial charge on any atom is -0.319 e. The van der Waals surface area contributed by atoms with Crippen molar-refractivity contribution < 1.29 is 4.79 Å². The molecule has 3 aromatic carbocycles. The number of benzene rings is 3. The molecule has 1 heterocycles. The van der Waals surface area contributed by atoms with E-state index < -0.39 is 0 Å². The predicted molar refractivity (Wildman–Crippen MR) is 125 cm³/mol. The van der Waals surface area contributed by atoms with Crippen LogP contribution in [0, 0.1) is 13.8 Å². The summed E-state index contributed by atoms with van der Waals surface area (Å²) in [6, 6.07) is 23.5. The van der Waals surface area contributed by atoms with E-state index in [1.807, 2.05) is 29.8 Å². The molecule has 0 unspecified atom stereocenters. The number of thiazole rings is 1. The van der Waals surface area contributed by atoms with Crippen LogP contribution in [0.4, 0.5) is 0 Å². The van der Waals surface area contributed by atoms with Crippen molar-refractivity contribution in [3.05, 3.63) is 99.3 Å². The van der Waals surface area contributed by atoms with Crippen LogP contribution in [-0.2, 0) is 7.05 Å². The number of amides is 1. The minimum absolute atomic E-state index is 0.305. The molecule has 4 aromatic rings. The van der Waals surface area contributed by atoms with Crippen molar-refractivity contribution in [3.63, 3.8) is 0 Å². The number of aryl methyl sites for hydroxylation is 2. The van der Waals surface area contributed by atoms with Gasteiger partial charge in [0.05, 0.1) is 10.6 Å². The number of halogens is 1. The lowest BCUT2D eigenvalue weighted by Crippen LogP contribution is -2.14. The normalized spacial score (nSPS) is 11.7. The standard InChI is InChI=1S/C25H21ClN2OS/c1-16-12-13-19(14-17(16)2)22-23(18-8-5-4-6-9-18)30-25(28(22)3)27-24(29)20-10-7-11-21(26)15-20/h4-15H,1-3H3. The van der Waals surface area contributed by atoms with Crippen molar-refractivity contribution in [2.45, 2.75) is 13.8 Å². The first-order valence-electron chi connectivity index (χ1n) is 9.61. The molecule has 0 radical (unpaired) electrons. The van der Waals surface area contributed by atoms with E-state index in [-0.39, 0.29) is 5.91 Å². The van der Waals surface area contributed by atoms with Gasteiger partial charge in [-0.05, 0) is 60.4 Å². The lowest BCUT2D eigenvalue weighted by atomic mass is 10.0. The number of aromatic nitrogens is 1. The predicted octanol–water partition coefficient (Wildman–Crippen LogP) is 6.43. The fraction of sp³-hybridized carbons (Fsp3) is 0.120. The van der Waals surface area contributed by atoms with Crippen LogP contribution in [0.2, 0.25) is 5.02 Å². The summed E-state index contributed by atoms with van der Waals surface area (Å²) in [6.45, 7) is 4.22. The molecule has 4 rings (SSSR count). The Hall–Kier alpha value is -2.95. The zero-order valence-corrected chi connectivity index (χ0v) is 18.6. The molecule has 150 valence electrons. The molecule has 0 bridgehead atoms. The first-order valence-corrected chi connectivity index (χ1v) is 10.8. The molecule has 0 spiro atoms. The van der Waals surface area contributed by atoms with Gasteiger partial charge in [0.2, 0.25) is 0 Å². The Balaban J connectivity index is 1.92. The van der Waals surface area contributed by atoms with E-state index in [0.717, 1.165) is 21.7 Å². The van der Waals surface area contributed by atoms with Gasteiger partial charge >= 0.3 is 0 Å². The van der Waals surface area contributed by atoms with Crippen LogP contribution in [0.1, 0.15) is 21.5 Å². The van der Waals surface area contributed by atoms with Crippen LogP contribution in [0.15, 0.2) is 77.8 Å². The topological polar surface area (TPSA) is 34.4 Å². The summed E-state index contributed by atoms with van der Waals surface area (Å²) in [6.07, 6.45) is 0. The zero-order chi connectivity index (χ0) is 21.3. The van der Waals surface area contributed by atoms with E-state index in [1.54, 1.807) is 24.3 Å². The second-order valence-corrected chi connectivity index (χ2v) is 8.63. The molecule has 0 aliphatic rings. The summed E-state index contributed by atoms with van der Waals surface area (Å²) in [5, 5.41) is 0.521. The van der Waals surface area contributed by atoms with Gasteiger partial charge in [0, 0.05) is 17.6 Å². The molecular formula is C25H21ClN2OS. The highest BCUT2D eigenvalue weighted by molar-refractivity contribution is 7.13. The maximum absolute atomic E-state index is 12.8. The molecule has 0 saturated heterocycles. The highest BCUT2D eigenvalue weighted by Gasteiger charge is 2.16. The molecule has 1 amide bonds. The summed E-state index contributed by atoms with van der Waals surface area (Å²) in [7, 11) is 1.96. The third-order valence-electron chi connectivity index (χ3n) is 5.12. The fourth-order valence-electron chi connectivity index (χ4n) is 3.33. The Morgan fingerprint density at radius 1 is 0.900 bits per heavy atom. The Labute approximate surface area is 184 Å². The van der Waals surface area contributed by atoms with Crippen LogP contribution in [-0.4, -0.2) is 10.5 Å². The maximum Gasteiger partial charge on any atom is 0.279 e. The van der Waals surface area contributed by atoms with E-state index in [9.17, 15) is 4.79 Å². The first-order chi connectivity index (χ1) is 14.4. The van der Waals surface area contributed by atoms with Crippen LogP contribution in [0.25, 0.3) is 21.7 Å². The number of carbonyl (C=O) groups excluding carboxylic acids is 1. The van der Waals surface area contributed by atoms with E-state index in [2.05, 4.69) is 49.2 Å². The number of hydrogen-bond donors (Lipinski definition) is 0. The molecule has 0 fully saturated rings.